The molecule has 3 N–H and O–H groups in total. The molecule has 7 nitrogen and oxygen atoms in total. The number of carbonyl (C=O) groups is 2. The Balaban J connectivity index is 1.87. The van der Waals surface area contributed by atoms with Crippen LogP contribution in [0.5, 0.6) is 0 Å². The summed E-state index contributed by atoms with van der Waals surface area (Å²) in [5.41, 5.74) is 2.06. The molecule has 2 aromatic rings. The molecule has 0 unspecified atom stereocenters. The Morgan fingerprint density at radius 3 is 2.31 bits per heavy atom. The summed E-state index contributed by atoms with van der Waals surface area (Å²) in [4.78, 5) is 23.2. The van der Waals surface area contributed by atoms with Crippen molar-refractivity contribution < 1.29 is 18.0 Å². The van der Waals surface area contributed by atoms with Gasteiger partial charge in [-0.15, -0.1) is 0 Å². The van der Waals surface area contributed by atoms with Gasteiger partial charge in [-0.25, -0.2) is 13.1 Å². The molecular weight excluding hydrogens is 354 g/mol. The highest BCUT2D eigenvalue weighted by molar-refractivity contribution is 7.89. The van der Waals surface area contributed by atoms with Crippen LogP contribution in [0.2, 0.25) is 0 Å². The zero-order chi connectivity index (χ0) is 19.2. The fraction of sp³-hybridized carbons (Fsp3) is 0.222. The molecule has 2 aromatic carbocycles. The van der Waals surface area contributed by atoms with Crippen LogP contribution in [0.25, 0.3) is 0 Å². The quantitative estimate of drug-likeness (QED) is 0.690. The van der Waals surface area contributed by atoms with Gasteiger partial charge in [-0.3, -0.25) is 9.59 Å². The molecule has 8 heteroatoms. The molecule has 0 aliphatic carbocycles. The normalized spacial score (nSPS) is 11.0. The fourth-order valence-electron chi connectivity index (χ4n) is 2.28. The maximum atomic E-state index is 12.1. The third-order valence-electron chi connectivity index (χ3n) is 3.52. The van der Waals surface area contributed by atoms with Gasteiger partial charge < -0.3 is 10.6 Å². The molecule has 0 aliphatic heterocycles. The molecule has 0 aliphatic rings. The molecule has 0 aromatic heterocycles. The Morgan fingerprint density at radius 1 is 1.00 bits per heavy atom. The second-order valence-electron chi connectivity index (χ2n) is 5.72. The number of aryl methyl sites for hydroxylation is 1. The zero-order valence-electron chi connectivity index (χ0n) is 14.6. The Labute approximate surface area is 152 Å². The van der Waals surface area contributed by atoms with Crippen molar-refractivity contribution in [2.24, 2.45) is 0 Å². The van der Waals surface area contributed by atoms with Gasteiger partial charge in [-0.05, 0) is 42.8 Å². The van der Waals surface area contributed by atoms with Gasteiger partial charge in [0.05, 0.1) is 4.90 Å². The van der Waals surface area contributed by atoms with Gasteiger partial charge in [-0.1, -0.05) is 18.2 Å². The lowest BCUT2D eigenvalue weighted by Crippen LogP contribution is -2.27. The molecule has 0 saturated heterocycles. The van der Waals surface area contributed by atoms with Gasteiger partial charge in [0.15, 0.2) is 0 Å². The van der Waals surface area contributed by atoms with Crippen LogP contribution >= 0.6 is 0 Å². The fourth-order valence-corrected chi connectivity index (χ4v) is 3.33. The van der Waals surface area contributed by atoms with E-state index in [1.807, 2.05) is 6.92 Å². The summed E-state index contributed by atoms with van der Waals surface area (Å²) in [6, 6.07) is 13.1. The number of amides is 2. The van der Waals surface area contributed by atoms with Crippen molar-refractivity contribution in [2.75, 3.05) is 17.2 Å². The van der Waals surface area contributed by atoms with Crippen LogP contribution in [0.3, 0.4) is 0 Å². The van der Waals surface area contributed by atoms with E-state index in [-0.39, 0.29) is 29.7 Å². The van der Waals surface area contributed by atoms with E-state index >= 15 is 0 Å². The molecule has 0 atom stereocenters. The highest BCUT2D eigenvalue weighted by Gasteiger charge is 2.13. The average Bonchev–Trinajstić information content (AvgIpc) is 2.57. The maximum absolute atomic E-state index is 12.1. The first-order chi connectivity index (χ1) is 12.3. The lowest BCUT2D eigenvalue weighted by molar-refractivity contribution is -0.116. The first kappa shape index (κ1) is 19.6. The van der Waals surface area contributed by atoms with E-state index < -0.39 is 10.0 Å². The third-order valence-corrected chi connectivity index (χ3v) is 5.00. The molecule has 0 bridgehead atoms. The lowest BCUT2D eigenvalue weighted by Gasteiger charge is -2.10. The minimum Gasteiger partial charge on any atom is -0.326 e. The summed E-state index contributed by atoms with van der Waals surface area (Å²) in [6.45, 7) is 3.23. The molecule has 0 radical (unpaired) electrons. The highest BCUT2D eigenvalue weighted by Crippen LogP contribution is 2.19. The van der Waals surface area contributed by atoms with Crippen LogP contribution in [-0.2, 0) is 19.6 Å². The Morgan fingerprint density at radius 2 is 1.69 bits per heavy atom. The number of hydrogen-bond acceptors (Lipinski definition) is 4. The minimum atomic E-state index is -3.62. The summed E-state index contributed by atoms with van der Waals surface area (Å²) >= 11 is 0. The summed E-state index contributed by atoms with van der Waals surface area (Å²) in [5.74, 6) is -0.483. The van der Waals surface area contributed by atoms with E-state index in [0.29, 0.717) is 11.4 Å². The number of carbonyl (C=O) groups excluding carboxylic acids is 2. The summed E-state index contributed by atoms with van der Waals surface area (Å²) in [7, 11) is -3.62. The van der Waals surface area contributed by atoms with Crippen molar-refractivity contribution in [3.8, 4) is 0 Å². The number of nitrogens with one attached hydrogen (secondary N) is 3. The van der Waals surface area contributed by atoms with Gasteiger partial charge in [0.25, 0.3) is 0 Å². The van der Waals surface area contributed by atoms with Gasteiger partial charge in [-0.2, -0.15) is 0 Å². The van der Waals surface area contributed by atoms with Gasteiger partial charge in [0.2, 0.25) is 21.8 Å². The van der Waals surface area contributed by atoms with Crippen LogP contribution in [-0.4, -0.2) is 26.8 Å². The van der Waals surface area contributed by atoms with Gasteiger partial charge >= 0.3 is 0 Å². The van der Waals surface area contributed by atoms with Crippen molar-refractivity contribution in [3.63, 3.8) is 0 Å². The topological polar surface area (TPSA) is 104 Å². The molecule has 2 amide bonds. The number of sulfonamides is 1. The van der Waals surface area contributed by atoms with Crippen LogP contribution < -0.4 is 15.4 Å². The first-order valence-electron chi connectivity index (χ1n) is 8.01. The van der Waals surface area contributed by atoms with E-state index in [4.69, 9.17) is 0 Å². The predicted molar refractivity (Wildman–Crippen MR) is 100 cm³/mol. The van der Waals surface area contributed by atoms with Gasteiger partial charge in [0, 0.05) is 31.3 Å². The SMILES string of the molecule is CC(=O)Nc1ccc(NC(=O)CCNS(=O)(=O)c2ccccc2)cc1C. The molecule has 26 heavy (non-hydrogen) atoms. The molecule has 2 rings (SSSR count). The van der Waals surface area contributed by atoms with Crippen LogP contribution in [0.4, 0.5) is 11.4 Å². The lowest BCUT2D eigenvalue weighted by atomic mass is 10.1. The van der Waals surface area contributed by atoms with E-state index in [2.05, 4.69) is 15.4 Å². The number of rotatable bonds is 7. The highest BCUT2D eigenvalue weighted by atomic mass is 32.2. The average molecular weight is 375 g/mol. The maximum Gasteiger partial charge on any atom is 0.240 e. The second kappa shape index (κ2) is 8.59. The van der Waals surface area contributed by atoms with Crippen molar-refractivity contribution in [1.29, 1.82) is 0 Å². The molecule has 138 valence electrons. The van der Waals surface area contributed by atoms with Gasteiger partial charge in [0.1, 0.15) is 0 Å². The number of anilines is 2. The van der Waals surface area contributed by atoms with Crippen LogP contribution in [0.1, 0.15) is 18.9 Å². The standard InChI is InChI=1S/C18H21N3O4S/c1-13-12-15(8-9-17(13)20-14(2)22)21-18(23)10-11-19-26(24,25)16-6-4-3-5-7-16/h3-9,12,19H,10-11H2,1-2H3,(H,20,22)(H,21,23). The van der Waals surface area contributed by atoms with Crippen molar-refractivity contribution in [3.05, 3.63) is 54.1 Å². The van der Waals surface area contributed by atoms with E-state index in [0.717, 1.165) is 5.56 Å². The summed E-state index contributed by atoms with van der Waals surface area (Å²) in [6.07, 6.45) is -0.00143. The third kappa shape index (κ3) is 5.68. The monoisotopic (exact) mass is 375 g/mol. The first-order valence-corrected chi connectivity index (χ1v) is 9.49. The van der Waals surface area contributed by atoms with Crippen molar-refractivity contribution in [2.45, 2.75) is 25.2 Å². The molecule has 0 spiro atoms. The summed E-state index contributed by atoms with van der Waals surface area (Å²) in [5, 5.41) is 5.39. The second-order valence-corrected chi connectivity index (χ2v) is 7.49. The van der Waals surface area contributed by atoms with E-state index in [9.17, 15) is 18.0 Å². The number of hydrogen-bond donors (Lipinski definition) is 3. The van der Waals surface area contributed by atoms with Crippen molar-refractivity contribution >= 4 is 33.2 Å². The van der Waals surface area contributed by atoms with E-state index in [1.54, 1.807) is 36.4 Å². The Hall–Kier alpha value is -2.71. The largest absolute Gasteiger partial charge is 0.326 e. The molecule has 0 saturated carbocycles. The molecule has 0 heterocycles. The minimum absolute atomic E-state index is 0.00143. The van der Waals surface area contributed by atoms with E-state index in [1.165, 1.54) is 19.1 Å². The summed E-state index contributed by atoms with van der Waals surface area (Å²) < 4.78 is 26.5. The Bertz CT molecular complexity index is 896. The van der Waals surface area contributed by atoms with Crippen molar-refractivity contribution in [1.82, 2.24) is 4.72 Å². The van der Waals surface area contributed by atoms with Crippen LogP contribution in [0, 0.1) is 6.92 Å². The number of benzene rings is 2. The zero-order valence-corrected chi connectivity index (χ0v) is 15.4. The Kier molecular flexibility index (Phi) is 6.48. The smallest absolute Gasteiger partial charge is 0.240 e. The predicted octanol–water partition coefficient (Wildman–Crippen LogP) is 2.26. The molecular formula is C18H21N3O4S. The van der Waals surface area contributed by atoms with Crippen LogP contribution in [0.15, 0.2) is 53.4 Å². The molecule has 0 fully saturated rings.